The summed E-state index contributed by atoms with van der Waals surface area (Å²) in [6.45, 7) is 0. The molecule has 0 fully saturated rings. The summed E-state index contributed by atoms with van der Waals surface area (Å²) in [7, 11) is 1.27. The number of aromatic nitrogens is 1. The molecule has 4 nitrogen and oxygen atoms in total. The molecule has 0 bridgehead atoms. The van der Waals surface area contributed by atoms with Crippen LogP contribution >= 0.6 is 10.7 Å². The molecule has 0 amide bonds. The van der Waals surface area contributed by atoms with Crippen molar-refractivity contribution in [1.29, 1.82) is 0 Å². The van der Waals surface area contributed by atoms with Crippen LogP contribution in [0.15, 0.2) is 35.5 Å². The minimum Gasteiger partial charge on any atom is -0.507 e. The third-order valence-electron chi connectivity index (χ3n) is 1.99. The van der Waals surface area contributed by atoms with Gasteiger partial charge >= 0.3 is 0 Å². The topological polar surface area (TPSA) is 67.3 Å². The molecule has 1 N–H and O–H groups in total. The second-order valence-electron chi connectivity index (χ2n) is 2.95. The lowest BCUT2D eigenvalue weighted by Gasteiger charge is -2.04. The summed E-state index contributed by atoms with van der Waals surface area (Å²) in [6, 6.07) is 4.34. The van der Waals surface area contributed by atoms with Crippen molar-refractivity contribution >= 4 is 30.5 Å². The van der Waals surface area contributed by atoms with Gasteiger partial charge in [-0.2, -0.15) is 0 Å². The Morgan fingerprint density at radius 1 is 1.27 bits per heavy atom. The fraction of sp³-hybridized carbons (Fsp3) is 0. The number of phenolic OH excluding ortho intramolecular Hbond substituents is 1. The number of hydrogen-bond donors (Lipinski definition) is 1. The van der Waals surface area contributed by atoms with Crippen molar-refractivity contribution in [2.75, 3.05) is 0 Å². The Labute approximate surface area is 90.6 Å². The van der Waals surface area contributed by atoms with E-state index in [0.717, 1.165) is 0 Å². The van der Waals surface area contributed by atoms with Crippen LogP contribution in [0.4, 0.5) is 0 Å². The van der Waals surface area contributed by atoms with Crippen LogP contribution in [0.5, 0.6) is 5.75 Å². The Balaban J connectivity index is 2.99. The number of hydrogen-bond acceptors (Lipinski definition) is 4. The number of pyridine rings is 1. The van der Waals surface area contributed by atoms with Crippen molar-refractivity contribution in [3.8, 4) is 5.75 Å². The van der Waals surface area contributed by atoms with Gasteiger partial charge in [-0.05, 0) is 18.2 Å². The molecule has 1 aromatic heterocycles. The molecule has 1 heterocycles. The molecule has 6 heteroatoms. The summed E-state index contributed by atoms with van der Waals surface area (Å²) in [5.74, 6) is -0.358. The number of fused-ring (bicyclic) bond motifs is 1. The number of aromatic hydroxyl groups is 1. The molecule has 0 unspecified atom stereocenters. The molecule has 0 saturated heterocycles. The van der Waals surface area contributed by atoms with Crippen LogP contribution in [0.3, 0.4) is 0 Å². The normalized spacial score (nSPS) is 11.8. The van der Waals surface area contributed by atoms with Crippen LogP contribution in [0.1, 0.15) is 0 Å². The lowest BCUT2D eigenvalue weighted by molar-refractivity contribution is 0.461. The zero-order valence-corrected chi connectivity index (χ0v) is 8.96. The number of halogens is 1. The first-order chi connectivity index (χ1) is 7.00. The van der Waals surface area contributed by atoms with Crippen LogP contribution in [-0.2, 0) is 9.05 Å². The van der Waals surface area contributed by atoms with Crippen molar-refractivity contribution in [3.63, 3.8) is 0 Å². The summed E-state index contributed by atoms with van der Waals surface area (Å²) in [5, 5.41) is 10.4. The van der Waals surface area contributed by atoms with Crippen molar-refractivity contribution in [3.05, 3.63) is 30.6 Å². The van der Waals surface area contributed by atoms with Gasteiger partial charge in [0.1, 0.15) is 10.6 Å². The molecule has 78 valence electrons. The molecule has 0 aliphatic rings. The van der Waals surface area contributed by atoms with Gasteiger partial charge in [-0.15, -0.1) is 0 Å². The Morgan fingerprint density at radius 2 is 2.00 bits per heavy atom. The quantitative estimate of drug-likeness (QED) is 0.777. The van der Waals surface area contributed by atoms with Crippen LogP contribution in [0, 0.1) is 0 Å². The van der Waals surface area contributed by atoms with E-state index in [-0.39, 0.29) is 10.6 Å². The molecule has 1 aromatic carbocycles. The zero-order valence-electron chi connectivity index (χ0n) is 7.38. The Bertz CT molecular complexity index is 624. The largest absolute Gasteiger partial charge is 0.507 e. The predicted molar refractivity (Wildman–Crippen MR) is 56.4 cm³/mol. The first kappa shape index (κ1) is 10.2. The number of phenols is 1. The van der Waals surface area contributed by atoms with Crippen molar-refractivity contribution in [2.24, 2.45) is 0 Å². The molecule has 15 heavy (non-hydrogen) atoms. The highest BCUT2D eigenvalue weighted by Gasteiger charge is 2.19. The minimum atomic E-state index is -3.97. The Hall–Kier alpha value is -1.33. The summed E-state index contributed by atoms with van der Waals surface area (Å²) in [4.78, 5) is 3.57. The first-order valence-electron chi connectivity index (χ1n) is 4.00. The molecule has 0 radical (unpaired) electrons. The lowest BCUT2D eigenvalue weighted by Crippen LogP contribution is -1.93. The van der Waals surface area contributed by atoms with Gasteiger partial charge in [0.2, 0.25) is 0 Å². The van der Waals surface area contributed by atoms with E-state index in [0.29, 0.717) is 10.8 Å². The molecule has 0 aliphatic heterocycles. The van der Waals surface area contributed by atoms with Gasteiger partial charge in [0.25, 0.3) is 9.05 Å². The van der Waals surface area contributed by atoms with E-state index in [1.54, 1.807) is 6.07 Å². The molecule has 0 aliphatic carbocycles. The van der Waals surface area contributed by atoms with Gasteiger partial charge in [-0.25, -0.2) is 8.42 Å². The summed E-state index contributed by atoms with van der Waals surface area (Å²) < 4.78 is 22.5. The van der Waals surface area contributed by atoms with Crippen LogP contribution in [0.2, 0.25) is 0 Å². The fourth-order valence-electron chi connectivity index (χ4n) is 1.38. The van der Waals surface area contributed by atoms with E-state index < -0.39 is 9.05 Å². The molecular weight excluding hydrogens is 238 g/mol. The van der Waals surface area contributed by atoms with E-state index >= 15 is 0 Å². The molecule has 2 aromatic rings. The van der Waals surface area contributed by atoms with Crippen LogP contribution in [0.25, 0.3) is 10.8 Å². The third-order valence-corrected chi connectivity index (χ3v) is 3.37. The number of nitrogens with zero attached hydrogens (tertiary/aromatic N) is 1. The molecule has 0 saturated carbocycles. The molecule has 0 atom stereocenters. The van der Waals surface area contributed by atoms with E-state index in [1.807, 2.05) is 0 Å². The van der Waals surface area contributed by atoms with E-state index in [4.69, 9.17) is 10.7 Å². The predicted octanol–water partition coefficient (Wildman–Crippen LogP) is 1.87. The van der Waals surface area contributed by atoms with Crippen molar-refractivity contribution < 1.29 is 13.5 Å². The highest BCUT2D eigenvalue weighted by atomic mass is 35.7. The highest BCUT2D eigenvalue weighted by molar-refractivity contribution is 8.14. The highest BCUT2D eigenvalue weighted by Crippen LogP contribution is 2.32. The van der Waals surface area contributed by atoms with Crippen LogP contribution in [-0.4, -0.2) is 18.5 Å². The summed E-state index contributed by atoms with van der Waals surface area (Å²) >= 11 is 0. The summed E-state index contributed by atoms with van der Waals surface area (Å²) in [5.41, 5.74) is 0. The van der Waals surface area contributed by atoms with Gasteiger partial charge in [0.05, 0.1) is 0 Å². The third kappa shape index (κ3) is 1.75. The zero-order chi connectivity index (χ0) is 11.1. The maximum Gasteiger partial charge on any atom is 0.265 e. The maximum atomic E-state index is 11.3. The second-order valence-corrected chi connectivity index (χ2v) is 5.45. The van der Waals surface area contributed by atoms with Gasteiger partial charge in [0, 0.05) is 33.8 Å². The second kappa shape index (κ2) is 3.36. The van der Waals surface area contributed by atoms with Crippen molar-refractivity contribution in [1.82, 2.24) is 4.98 Å². The fourth-order valence-corrected chi connectivity index (χ4v) is 2.64. The van der Waals surface area contributed by atoms with E-state index in [2.05, 4.69) is 4.98 Å². The average Bonchev–Trinajstić information content (AvgIpc) is 2.15. The SMILES string of the molecule is O=S(=O)(Cl)c1c(O)ccc2cnccc12. The van der Waals surface area contributed by atoms with E-state index in [9.17, 15) is 13.5 Å². The Kier molecular flexibility index (Phi) is 2.28. The van der Waals surface area contributed by atoms with Gasteiger partial charge < -0.3 is 5.11 Å². The maximum absolute atomic E-state index is 11.3. The Morgan fingerprint density at radius 3 is 2.67 bits per heavy atom. The standard InChI is InChI=1S/C9H6ClNO3S/c10-15(13,14)9-7-3-4-11-5-6(7)1-2-8(9)12/h1-5,12H. The molecule has 0 spiro atoms. The van der Waals surface area contributed by atoms with Gasteiger partial charge in [-0.1, -0.05) is 0 Å². The van der Waals surface area contributed by atoms with Gasteiger partial charge in [-0.3, -0.25) is 4.98 Å². The number of benzene rings is 1. The monoisotopic (exact) mass is 243 g/mol. The smallest absolute Gasteiger partial charge is 0.265 e. The average molecular weight is 244 g/mol. The number of rotatable bonds is 1. The molecular formula is C9H6ClNO3S. The van der Waals surface area contributed by atoms with Crippen LogP contribution < -0.4 is 0 Å². The van der Waals surface area contributed by atoms with E-state index in [1.165, 1.54) is 24.5 Å². The summed E-state index contributed by atoms with van der Waals surface area (Å²) in [6.07, 6.45) is 2.94. The van der Waals surface area contributed by atoms with Crippen molar-refractivity contribution in [2.45, 2.75) is 4.90 Å². The van der Waals surface area contributed by atoms with Gasteiger partial charge in [0.15, 0.2) is 0 Å². The first-order valence-corrected chi connectivity index (χ1v) is 6.31. The minimum absolute atomic E-state index is 0.274. The molecule has 2 rings (SSSR count). The lowest BCUT2D eigenvalue weighted by atomic mass is 10.2.